The van der Waals surface area contributed by atoms with Crippen LogP contribution in [0.5, 0.6) is 0 Å². The zero-order chi connectivity index (χ0) is 16.1. The van der Waals surface area contributed by atoms with Crippen molar-refractivity contribution in [2.45, 2.75) is 42.6 Å². The molecule has 0 radical (unpaired) electrons. The summed E-state index contributed by atoms with van der Waals surface area (Å²) in [6.45, 7) is 3.54. The van der Waals surface area contributed by atoms with E-state index in [2.05, 4.69) is 20.5 Å². The molecule has 1 fully saturated rings. The van der Waals surface area contributed by atoms with Gasteiger partial charge in [0.15, 0.2) is 0 Å². The van der Waals surface area contributed by atoms with Crippen molar-refractivity contribution in [3.8, 4) is 0 Å². The Morgan fingerprint density at radius 1 is 1.52 bits per heavy atom. The third-order valence-electron chi connectivity index (χ3n) is 3.34. The molecule has 3 rings (SSSR count). The van der Waals surface area contributed by atoms with E-state index < -0.39 is 0 Å². The minimum Gasteiger partial charge on any atom is -0.462 e. The highest BCUT2D eigenvalue weighted by molar-refractivity contribution is 7.99. The fraction of sp³-hybridized carbons (Fsp3) is 0.500. The lowest BCUT2D eigenvalue weighted by Gasteiger charge is -2.09. The molecule has 122 valence electrons. The smallest absolute Gasteiger partial charge is 0.339 e. The molecule has 2 aromatic heterocycles. The van der Waals surface area contributed by atoms with E-state index >= 15 is 0 Å². The van der Waals surface area contributed by atoms with Gasteiger partial charge in [-0.2, -0.15) is 0 Å². The molecule has 1 aliphatic heterocycles. The molecular formula is C14H17N5O3S. The SMILES string of the molecule is CCOC(=O)c1ccc(Sc2nnnn2CC2CCCO2)nc1. The third-order valence-corrected chi connectivity index (χ3v) is 4.27. The summed E-state index contributed by atoms with van der Waals surface area (Å²) >= 11 is 1.35. The van der Waals surface area contributed by atoms with E-state index in [1.165, 1.54) is 18.0 Å². The summed E-state index contributed by atoms with van der Waals surface area (Å²) < 4.78 is 12.3. The van der Waals surface area contributed by atoms with E-state index in [9.17, 15) is 4.79 Å². The Morgan fingerprint density at radius 3 is 3.13 bits per heavy atom. The van der Waals surface area contributed by atoms with Crippen LogP contribution >= 0.6 is 11.8 Å². The van der Waals surface area contributed by atoms with Gasteiger partial charge in [0.2, 0.25) is 5.16 Å². The summed E-state index contributed by atoms with van der Waals surface area (Å²) in [6.07, 6.45) is 3.76. The maximum absolute atomic E-state index is 11.6. The van der Waals surface area contributed by atoms with Crippen LogP contribution in [0.4, 0.5) is 0 Å². The van der Waals surface area contributed by atoms with Gasteiger partial charge in [0.25, 0.3) is 0 Å². The molecule has 1 saturated heterocycles. The highest BCUT2D eigenvalue weighted by atomic mass is 32.2. The van der Waals surface area contributed by atoms with E-state index in [0.717, 1.165) is 19.4 Å². The van der Waals surface area contributed by atoms with Crippen LogP contribution in [0.15, 0.2) is 28.5 Å². The fourth-order valence-corrected chi connectivity index (χ4v) is 2.96. The maximum atomic E-state index is 11.6. The average molecular weight is 335 g/mol. The monoisotopic (exact) mass is 335 g/mol. The molecule has 23 heavy (non-hydrogen) atoms. The standard InChI is InChI=1S/C14H17N5O3S/c1-2-21-13(20)10-5-6-12(15-8-10)23-14-16-17-18-19(14)9-11-4-3-7-22-11/h5-6,8,11H,2-4,7,9H2,1H3. The number of ether oxygens (including phenoxy) is 2. The molecule has 2 aromatic rings. The molecule has 8 nitrogen and oxygen atoms in total. The highest BCUT2D eigenvalue weighted by Gasteiger charge is 2.19. The summed E-state index contributed by atoms with van der Waals surface area (Å²) in [5.41, 5.74) is 0.426. The Balaban J connectivity index is 1.65. The van der Waals surface area contributed by atoms with Gasteiger partial charge in [0, 0.05) is 12.8 Å². The number of tetrazole rings is 1. The molecule has 1 aliphatic rings. The van der Waals surface area contributed by atoms with E-state index in [4.69, 9.17) is 9.47 Å². The van der Waals surface area contributed by atoms with Gasteiger partial charge in [-0.05, 0) is 54.1 Å². The predicted molar refractivity (Wildman–Crippen MR) is 81.1 cm³/mol. The number of hydrogen-bond acceptors (Lipinski definition) is 8. The van der Waals surface area contributed by atoms with Gasteiger partial charge >= 0.3 is 5.97 Å². The van der Waals surface area contributed by atoms with Crippen LogP contribution in [-0.2, 0) is 16.0 Å². The lowest BCUT2D eigenvalue weighted by atomic mass is 10.2. The molecular weight excluding hydrogens is 318 g/mol. The van der Waals surface area contributed by atoms with Crippen molar-refractivity contribution in [3.05, 3.63) is 23.9 Å². The topological polar surface area (TPSA) is 92.0 Å². The van der Waals surface area contributed by atoms with Crippen LogP contribution in [0.25, 0.3) is 0 Å². The number of nitrogens with zero attached hydrogens (tertiary/aromatic N) is 5. The van der Waals surface area contributed by atoms with Crippen LogP contribution in [-0.4, -0.2) is 50.5 Å². The second-order valence-electron chi connectivity index (χ2n) is 4.99. The van der Waals surface area contributed by atoms with Crippen molar-refractivity contribution in [3.63, 3.8) is 0 Å². The minimum atomic E-state index is -0.375. The lowest BCUT2D eigenvalue weighted by molar-refractivity contribution is 0.0525. The molecule has 0 amide bonds. The Morgan fingerprint density at radius 2 is 2.43 bits per heavy atom. The first-order valence-electron chi connectivity index (χ1n) is 7.45. The lowest BCUT2D eigenvalue weighted by Crippen LogP contribution is -2.16. The van der Waals surface area contributed by atoms with Crippen molar-refractivity contribution < 1.29 is 14.3 Å². The Hall–Kier alpha value is -2.00. The van der Waals surface area contributed by atoms with Gasteiger partial charge in [0.05, 0.1) is 24.8 Å². The fourth-order valence-electron chi connectivity index (χ4n) is 2.23. The van der Waals surface area contributed by atoms with Crippen LogP contribution in [0, 0.1) is 0 Å². The van der Waals surface area contributed by atoms with Crippen LogP contribution in [0.1, 0.15) is 30.1 Å². The molecule has 0 aromatic carbocycles. The first kappa shape index (κ1) is 15.9. The molecule has 0 saturated carbocycles. The van der Waals surface area contributed by atoms with Gasteiger partial charge < -0.3 is 9.47 Å². The van der Waals surface area contributed by atoms with Crippen molar-refractivity contribution >= 4 is 17.7 Å². The van der Waals surface area contributed by atoms with Crippen molar-refractivity contribution in [2.75, 3.05) is 13.2 Å². The third kappa shape index (κ3) is 4.05. The molecule has 0 spiro atoms. The molecule has 3 heterocycles. The zero-order valence-corrected chi connectivity index (χ0v) is 13.5. The summed E-state index contributed by atoms with van der Waals surface area (Å²) in [5.74, 6) is -0.375. The highest BCUT2D eigenvalue weighted by Crippen LogP contribution is 2.24. The summed E-state index contributed by atoms with van der Waals surface area (Å²) in [5, 5.41) is 13.1. The number of esters is 1. The number of pyridine rings is 1. The van der Waals surface area contributed by atoms with Crippen LogP contribution < -0.4 is 0 Å². The number of carbonyl (C=O) groups excluding carboxylic acids is 1. The van der Waals surface area contributed by atoms with Crippen molar-refractivity contribution in [2.24, 2.45) is 0 Å². The quantitative estimate of drug-likeness (QED) is 0.735. The molecule has 9 heteroatoms. The number of aromatic nitrogens is 5. The first-order valence-corrected chi connectivity index (χ1v) is 8.26. The zero-order valence-electron chi connectivity index (χ0n) is 12.7. The Kier molecular flexibility index (Phi) is 5.19. The summed E-state index contributed by atoms with van der Waals surface area (Å²) in [4.78, 5) is 15.9. The molecule has 1 unspecified atom stereocenters. The average Bonchev–Trinajstić information content (AvgIpc) is 3.21. The maximum Gasteiger partial charge on any atom is 0.339 e. The normalized spacial score (nSPS) is 17.3. The van der Waals surface area contributed by atoms with E-state index in [0.29, 0.717) is 28.9 Å². The molecule has 0 N–H and O–H groups in total. The number of carbonyl (C=O) groups is 1. The van der Waals surface area contributed by atoms with Gasteiger partial charge in [-0.15, -0.1) is 5.10 Å². The molecule has 0 bridgehead atoms. The predicted octanol–water partition coefficient (Wildman–Crippen LogP) is 1.57. The van der Waals surface area contributed by atoms with E-state index in [1.807, 2.05) is 0 Å². The molecule has 0 aliphatic carbocycles. The Labute approximate surface area is 137 Å². The molecule has 1 atom stereocenters. The van der Waals surface area contributed by atoms with Crippen molar-refractivity contribution in [1.29, 1.82) is 0 Å². The number of hydrogen-bond donors (Lipinski definition) is 0. The number of rotatable bonds is 6. The first-order chi connectivity index (χ1) is 11.3. The summed E-state index contributed by atoms with van der Waals surface area (Å²) in [7, 11) is 0. The van der Waals surface area contributed by atoms with Crippen LogP contribution in [0.3, 0.4) is 0 Å². The van der Waals surface area contributed by atoms with Crippen LogP contribution in [0.2, 0.25) is 0 Å². The van der Waals surface area contributed by atoms with Gasteiger partial charge in [0.1, 0.15) is 5.03 Å². The second kappa shape index (κ2) is 7.51. The van der Waals surface area contributed by atoms with Gasteiger partial charge in [-0.3, -0.25) is 0 Å². The van der Waals surface area contributed by atoms with E-state index in [-0.39, 0.29) is 12.1 Å². The second-order valence-corrected chi connectivity index (χ2v) is 5.97. The summed E-state index contributed by atoms with van der Waals surface area (Å²) in [6, 6.07) is 3.43. The van der Waals surface area contributed by atoms with E-state index in [1.54, 1.807) is 23.7 Å². The van der Waals surface area contributed by atoms with Gasteiger partial charge in [-0.25, -0.2) is 14.5 Å². The largest absolute Gasteiger partial charge is 0.462 e. The Bertz CT molecular complexity index is 655. The minimum absolute atomic E-state index is 0.164. The van der Waals surface area contributed by atoms with Gasteiger partial charge in [-0.1, -0.05) is 0 Å². The van der Waals surface area contributed by atoms with Crippen molar-refractivity contribution in [1.82, 2.24) is 25.2 Å².